The fraction of sp³-hybridized carbons (Fsp3) is 0.368. The molecule has 0 unspecified atom stereocenters. The molecule has 2 aromatic carbocycles. The van der Waals surface area contributed by atoms with Crippen molar-refractivity contribution in [1.29, 1.82) is 0 Å². The van der Waals surface area contributed by atoms with Gasteiger partial charge in [0.15, 0.2) is 0 Å². The Balaban J connectivity index is 1.78. The number of aryl methyl sites for hydroxylation is 1. The average molecular weight is 307 g/mol. The third-order valence-corrected chi connectivity index (χ3v) is 4.85. The number of rotatable bonds is 3. The Labute approximate surface area is 135 Å². The lowest BCUT2D eigenvalue weighted by Crippen LogP contribution is -2.31. The quantitative estimate of drug-likeness (QED) is 0.698. The molecule has 0 N–H and O–H groups in total. The van der Waals surface area contributed by atoms with Crippen molar-refractivity contribution < 1.29 is 0 Å². The number of likely N-dealkylation sites (tertiary alicyclic amines) is 1. The third-order valence-electron chi connectivity index (χ3n) is 4.85. The van der Waals surface area contributed by atoms with Crippen LogP contribution in [0.5, 0.6) is 0 Å². The standard InChI is InChI=1S/C19H21N3O/c1-14-20-18-13-16-7-3-2-6-15(16)12-17(18)19(23)22(14)11-10-21-8-4-5-9-21/h2-3,6-7,12-13H,4-5,8-11H2,1H3. The van der Waals surface area contributed by atoms with E-state index in [0.717, 1.165) is 53.7 Å². The van der Waals surface area contributed by atoms with Gasteiger partial charge < -0.3 is 4.90 Å². The van der Waals surface area contributed by atoms with Crippen LogP contribution in [0.1, 0.15) is 18.7 Å². The van der Waals surface area contributed by atoms with E-state index in [0.29, 0.717) is 0 Å². The lowest BCUT2D eigenvalue weighted by atomic mass is 10.1. The molecule has 0 spiro atoms. The van der Waals surface area contributed by atoms with Gasteiger partial charge in [-0.15, -0.1) is 0 Å². The van der Waals surface area contributed by atoms with Crippen molar-refractivity contribution in [1.82, 2.24) is 14.5 Å². The van der Waals surface area contributed by atoms with E-state index in [1.165, 1.54) is 12.8 Å². The number of aromatic nitrogens is 2. The Morgan fingerprint density at radius 2 is 1.74 bits per heavy atom. The molecule has 0 aliphatic carbocycles. The summed E-state index contributed by atoms with van der Waals surface area (Å²) in [5.74, 6) is 0.803. The van der Waals surface area contributed by atoms with Crippen LogP contribution in [0, 0.1) is 6.92 Å². The molecule has 1 fully saturated rings. The number of hydrogen-bond acceptors (Lipinski definition) is 3. The summed E-state index contributed by atoms with van der Waals surface area (Å²) in [5.41, 5.74) is 0.876. The summed E-state index contributed by atoms with van der Waals surface area (Å²) in [6.07, 6.45) is 2.55. The first kappa shape index (κ1) is 14.4. The maximum atomic E-state index is 12.9. The predicted molar refractivity (Wildman–Crippen MR) is 93.9 cm³/mol. The van der Waals surface area contributed by atoms with Crippen molar-refractivity contribution in [2.45, 2.75) is 26.3 Å². The predicted octanol–water partition coefficient (Wildman–Crippen LogP) is 2.95. The Morgan fingerprint density at radius 1 is 1.04 bits per heavy atom. The second kappa shape index (κ2) is 5.78. The van der Waals surface area contributed by atoms with E-state index in [2.05, 4.69) is 16.0 Å². The number of nitrogens with zero attached hydrogens (tertiary/aromatic N) is 3. The van der Waals surface area contributed by atoms with Crippen LogP contribution in [0.4, 0.5) is 0 Å². The molecule has 0 atom stereocenters. The van der Waals surface area contributed by atoms with Crippen molar-refractivity contribution in [2.24, 2.45) is 0 Å². The van der Waals surface area contributed by atoms with Crippen molar-refractivity contribution in [3.63, 3.8) is 0 Å². The Bertz CT molecular complexity index is 923. The minimum atomic E-state index is 0.0810. The molecule has 0 saturated carbocycles. The topological polar surface area (TPSA) is 38.1 Å². The van der Waals surface area contributed by atoms with Crippen molar-refractivity contribution in [2.75, 3.05) is 19.6 Å². The van der Waals surface area contributed by atoms with Crippen LogP contribution in [0.3, 0.4) is 0 Å². The second-order valence-electron chi connectivity index (χ2n) is 6.38. The molecule has 0 amide bonds. The van der Waals surface area contributed by atoms with Crippen LogP contribution in [-0.2, 0) is 6.54 Å². The Kier molecular flexibility index (Phi) is 3.62. The largest absolute Gasteiger partial charge is 0.302 e. The van der Waals surface area contributed by atoms with E-state index in [4.69, 9.17) is 0 Å². The summed E-state index contributed by atoms with van der Waals surface area (Å²) in [7, 11) is 0. The molecule has 1 aliphatic rings. The van der Waals surface area contributed by atoms with Crippen LogP contribution in [0.25, 0.3) is 21.7 Å². The van der Waals surface area contributed by atoms with Gasteiger partial charge >= 0.3 is 0 Å². The molecule has 3 aromatic rings. The molecule has 23 heavy (non-hydrogen) atoms. The van der Waals surface area contributed by atoms with Gasteiger partial charge in [0.25, 0.3) is 5.56 Å². The molecule has 0 radical (unpaired) electrons. The fourth-order valence-corrected chi connectivity index (χ4v) is 3.53. The van der Waals surface area contributed by atoms with E-state index < -0.39 is 0 Å². The smallest absolute Gasteiger partial charge is 0.261 e. The third kappa shape index (κ3) is 2.63. The molecular formula is C19H21N3O. The second-order valence-corrected chi connectivity index (χ2v) is 6.38. The monoisotopic (exact) mass is 307 g/mol. The van der Waals surface area contributed by atoms with Gasteiger partial charge in [0.2, 0.25) is 0 Å². The molecule has 1 aromatic heterocycles. The van der Waals surface area contributed by atoms with Gasteiger partial charge in [-0.2, -0.15) is 0 Å². The maximum Gasteiger partial charge on any atom is 0.261 e. The van der Waals surface area contributed by atoms with Gasteiger partial charge in [-0.05, 0) is 55.8 Å². The molecule has 2 heterocycles. The van der Waals surface area contributed by atoms with Gasteiger partial charge in [0.05, 0.1) is 10.9 Å². The normalized spacial score (nSPS) is 15.7. The van der Waals surface area contributed by atoms with E-state index >= 15 is 0 Å². The summed E-state index contributed by atoms with van der Waals surface area (Å²) in [4.78, 5) is 20.0. The van der Waals surface area contributed by atoms with E-state index in [1.54, 1.807) is 0 Å². The Morgan fingerprint density at radius 3 is 2.48 bits per heavy atom. The van der Waals surface area contributed by atoms with Crippen LogP contribution >= 0.6 is 0 Å². The van der Waals surface area contributed by atoms with Crippen LogP contribution < -0.4 is 5.56 Å². The first-order chi connectivity index (χ1) is 11.2. The highest BCUT2D eigenvalue weighted by molar-refractivity contribution is 5.96. The van der Waals surface area contributed by atoms with E-state index in [-0.39, 0.29) is 5.56 Å². The molecule has 1 saturated heterocycles. The summed E-state index contributed by atoms with van der Waals surface area (Å²) >= 11 is 0. The van der Waals surface area contributed by atoms with Crippen LogP contribution in [0.15, 0.2) is 41.2 Å². The van der Waals surface area contributed by atoms with E-state index in [1.807, 2.05) is 41.8 Å². The zero-order valence-corrected chi connectivity index (χ0v) is 13.5. The molecule has 0 bridgehead atoms. The van der Waals surface area contributed by atoms with Gasteiger partial charge in [-0.1, -0.05) is 24.3 Å². The van der Waals surface area contributed by atoms with Crippen molar-refractivity contribution >= 4 is 21.7 Å². The fourth-order valence-electron chi connectivity index (χ4n) is 3.53. The molecule has 4 rings (SSSR count). The minimum Gasteiger partial charge on any atom is -0.302 e. The van der Waals surface area contributed by atoms with Gasteiger partial charge in [0.1, 0.15) is 5.82 Å². The van der Waals surface area contributed by atoms with Gasteiger partial charge in [-0.25, -0.2) is 4.98 Å². The first-order valence-corrected chi connectivity index (χ1v) is 8.35. The molecule has 4 nitrogen and oxygen atoms in total. The lowest BCUT2D eigenvalue weighted by molar-refractivity contribution is 0.319. The molecule has 4 heteroatoms. The SMILES string of the molecule is Cc1nc2cc3ccccc3cc2c(=O)n1CCN1CCCC1. The van der Waals surface area contributed by atoms with Crippen molar-refractivity contribution in [3.05, 3.63) is 52.6 Å². The van der Waals surface area contributed by atoms with E-state index in [9.17, 15) is 4.79 Å². The summed E-state index contributed by atoms with van der Waals surface area (Å²) in [6, 6.07) is 12.1. The molecule has 1 aliphatic heterocycles. The maximum absolute atomic E-state index is 12.9. The highest BCUT2D eigenvalue weighted by atomic mass is 16.1. The highest BCUT2D eigenvalue weighted by Crippen LogP contribution is 2.19. The molecular weight excluding hydrogens is 286 g/mol. The molecule has 118 valence electrons. The zero-order chi connectivity index (χ0) is 15.8. The summed E-state index contributed by atoms with van der Waals surface area (Å²) in [5, 5.41) is 2.94. The van der Waals surface area contributed by atoms with Crippen LogP contribution in [0.2, 0.25) is 0 Å². The number of fused-ring (bicyclic) bond motifs is 2. The highest BCUT2D eigenvalue weighted by Gasteiger charge is 2.13. The van der Waals surface area contributed by atoms with Crippen molar-refractivity contribution in [3.8, 4) is 0 Å². The lowest BCUT2D eigenvalue weighted by Gasteiger charge is -2.17. The Hall–Kier alpha value is -2.20. The summed E-state index contributed by atoms with van der Waals surface area (Å²) in [6.45, 7) is 5.89. The zero-order valence-electron chi connectivity index (χ0n) is 13.5. The average Bonchev–Trinajstić information content (AvgIpc) is 3.07. The van der Waals surface area contributed by atoms with Gasteiger partial charge in [0, 0.05) is 13.1 Å². The minimum absolute atomic E-state index is 0.0810. The first-order valence-electron chi connectivity index (χ1n) is 8.35. The number of benzene rings is 2. The summed E-state index contributed by atoms with van der Waals surface area (Å²) < 4.78 is 1.83. The van der Waals surface area contributed by atoms with Crippen LogP contribution in [-0.4, -0.2) is 34.1 Å². The van der Waals surface area contributed by atoms with Gasteiger partial charge in [-0.3, -0.25) is 9.36 Å². The number of hydrogen-bond donors (Lipinski definition) is 0.